The number of carbonyl (C=O) groups is 1. The number of hydrogen-bond donors (Lipinski definition) is 3. The molecule has 0 spiro atoms. The normalized spacial score (nSPS) is 11.1. The maximum absolute atomic E-state index is 11.7. The average molecular weight is 314 g/mol. The Morgan fingerprint density at radius 2 is 2.09 bits per heavy atom. The number of carboxylic acid groups (broad SMARTS) is 1. The van der Waals surface area contributed by atoms with Crippen molar-refractivity contribution in [1.29, 1.82) is 0 Å². The molecule has 0 radical (unpaired) electrons. The molecule has 8 heteroatoms. The predicted octanol–water partition coefficient (Wildman–Crippen LogP) is -0.612. The Morgan fingerprint density at radius 3 is 2.68 bits per heavy atom. The van der Waals surface area contributed by atoms with Gasteiger partial charge in [-0.2, -0.15) is 0 Å². The van der Waals surface area contributed by atoms with Crippen molar-refractivity contribution >= 4 is 5.97 Å². The van der Waals surface area contributed by atoms with E-state index in [0.29, 0.717) is 24.5 Å². The molecule has 3 N–H and O–H groups in total. The Hall–Kier alpha value is -1.90. The molecule has 1 aromatic heterocycles. The van der Waals surface area contributed by atoms with Gasteiger partial charge in [0.15, 0.2) is 5.75 Å². The van der Waals surface area contributed by atoms with Crippen molar-refractivity contribution < 1.29 is 24.9 Å². The first kappa shape index (κ1) is 18.1. The molecule has 8 nitrogen and oxygen atoms in total. The number of aliphatic carboxylic acids is 1. The lowest BCUT2D eigenvalue weighted by molar-refractivity contribution is -0.138. The van der Waals surface area contributed by atoms with Crippen molar-refractivity contribution in [3.8, 4) is 5.75 Å². The smallest absolute Gasteiger partial charge is 0.317 e. The number of aryl methyl sites for hydroxylation is 1. The van der Waals surface area contributed by atoms with Gasteiger partial charge in [0.25, 0.3) is 0 Å². The molecule has 0 saturated heterocycles. The lowest BCUT2D eigenvalue weighted by atomic mass is 10.2. The van der Waals surface area contributed by atoms with E-state index in [-0.39, 0.29) is 32.1 Å². The SMILES string of the molecule is Cc1cc(=O)c(O)c(CN(C)CC(=O)O)n1CCOCCO. The maximum atomic E-state index is 11.7. The van der Waals surface area contributed by atoms with Crippen molar-refractivity contribution in [2.24, 2.45) is 0 Å². The van der Waals surface area contributed by atoms with Crippen molar-refractivity contribution in [3.05, 3.63) is 27.7 Å². The quantitative estimate of drug-likeness (QED) is 0.521. The average Bonchev–Trinajstić information content (AvgIpc) is 2.42. The summed E-state index contributed by atoms with van der Waals surface area (Å²) >= 11 is 0. The van der Waals surface area contributed by atoms with Gasteiger partial charge in [-0.15, -0.1) is 0 Å². The Bertz CT molecular complexity index is 569. The molecule has 0 atom stereocenters. The molecule has 22 heavy (non-hydrogen) atoms. The number of aromatic nitrogens is 1. The highest BCUT2D eigenvalue weighted by Crippen LogP contribution is 2.16. The summed E-state index contributed by atoms with van der Waals surface area (Å²) in [5.41, 5.74) is 0.499. The lowest BCUT2D eigenvalue weighted by Crippen LogP contribution is -2.29. The highest BCUT2D eigenvalue weighted by Gasteiger charge is 2.16. The summed E-state index contributed by atoms with van der Waals surface area (Å²) in [5, 5.41) is 27.5. The molecular formula is C14H22N2O6. The Balaban J connectivity index is 3.00. The highest BCUT2D eigenvalue weighted by atomic mass is 16.5. The summed E-state index contributed by atoms with van der Waals surface area (Å²) in [6.07, 6.45) is 0. The second-order valence-corrected chi connectivity index (χ2v) is 5.00. The first-order valence-corrected chi connectivity index (χ1v) is 6.88. The van der Waals surface area contributed by atoms with Crippen molar-refractivity contribution in [1.82, 2.24) is 9.47 Å². The third-order valence-corrected chi connectivity index (χ3v) is 3.12. The van der Waals surface area contributed by atoms with E-state index < -0.39 is 11.4 Å². The predicted molar refractivity (Wildman–Crippen MR) is 79.0 cm³/mol. The van der Waals surface area contributed by atoms with Gasteiger partial charge in [0.2, 0.25) is 5.43 Å². The van der Waals surface area contributed by atoms with Crippen LogP contribution in [0.25, 0.3) is 0 Å². The van der Waals surface area contributed by atoms with Crippen LogP contribution in [-0.4, -0.2) is 64.2 Å². The zero-order chi connectivity index (χ0) is 16.7. The first-order valence-electron chi connectivity index (χ1n) is 6.88. The Morgan fingerprint density at radius 1 is 1.41 bits per heavy atom. The van der Waals surface area contributed by atoms with Crippen LogP contribution in [0, 0.1) is 6.92 Å². The van der Waals surface area contributed by atoms with Crippen LogP contribution < -0.4 is 5.43 Å². The van der Waals surface area contributed by atoms with Gasteiger partial charge in [0, 0.05) is 24.8 Å². The lowest BCUT2D eigenvalue weighted by Gasteiger charge is -2.21. The largest absolute Gasteiger partial charge is 0.503 e. The van der Waals surface area contributed by atoms with Crippen LogP contribution >= 0.6 is 0 Å². The fourth-order valence-electron chi connectivity index (χ4n) is 2.16. The van der Waals surface area contributed by atoms with Gasteiger partial charge < -0.3 is 24.6 Å². The Labute approximate surface area is 128 Å². The van der Waals surface area contributed by atoms with Crippen molar-refractivity contribution in [2.45, 2.75) is 20.0 Å². The molecule has 1 heterocycles. The molecule has 124 valence electrons. The molecule has 0 unspecified atom stereocenters. The number of nitrogens with zero attached hydrogens (tertiary/aromatic N) is 2. The number of aliphatic hydroxyl groups is 1. The second kappa shape index (κ2) is 8.52. The summed E-state index contributed by atoms with van der Waals surface area (Å²) < 4.78 is 6.91. The number of carboxylic acids is 1. The van der Waals surface area contributed by atoms with E-state index in [1.165, 1.54) is 11.0 Å². The van der Waals surface area contributed by atoms with Crippen LogP contribution in [0.1, 0.15) is 11.4 Å². The minimum atomic E-state index is -0.991. The molecular weight excluding hydrogens is 292 g/mol. The van der Waals surface area contributed by atoms with Gasteiger partial charge in [-0.25, -0.2) is 0 Å². The Kier molecular flexibility index (Phi) is 7.03. The highest BCUT2D eigenvalue weighted by molar-refractivity contribution is 5.69. The molecule has 0 fully saturated rings. The minimum absolute atomic E-state index is 0.0808. The van der Waals surface area contributed by atoms with E-state index in [1.54, 1.807) is 18.5 Å². The number of aromatic hydroxyl groups is 1. The van der Waals surface area contributed by atoms with Crippen LogP contribution in [0.3, 0.4) is 0 Å². The molecule has 0 aliphatic carbocycles. The zero-order valence-corrected chi connectivity index (χ0v) is 12.8. The third-order valence-electron chi connectivity index (χ3n) is 3.12. The molecule has 0 amide bonds. The second-order valence-electron chi connectivity index (χ2n) is 5.00. The standard InChI is InChI=1S/C14H22N2O6/c1-10-7-12(18)14(21)11(8-15(2)9-13(19)20)16(10)3-5-22-6-4-17/h7,17,21H,3-6,8-9H2,1-2H3,(H,19,20). The number of aliphatic hydroxyl groups excluding tert-OH is 1. The van der Waals surface area contributed by atoms with Crippen LogP contribution in [0.15, 0.2) is 10.9 Å². The van der Waals surface area contributed by atoms with Gasteiger partial charge in [-0.1, -0.05) is 0 Å². The minimum Gasteiger partial charge on any atom is -0.503 e. The van der Waals surface area contributed by atoms with Gasteiger partial charge in [0.1, 0.15) is 0 Å². The summed E-state index contributed by atoms with van der Waals surface area (Å²) in [7, 11) is 1.59. The van der Waals surface area contributed by atoms with E-state index in [0.717, 1.165) is 0 Å². The van der Waals surface area contributed by atoms with Gasteiger partial charge in [0.05, 0.1) is 32.1 Å². The molecule has 0 bridgehead atoms. The molecule has 0 aliphatic rings. The zero-order valence-electron chi connectivity index (χ0n) is 12.8. The molecule has 0 aliphatic heterocycles. The summed E-state index contributed by atoms with van der Waals surface area (Å²) in [6.45, 7) is 2.46. The molecule has 1 aromatic rings. The van der Waals surface area contributed by atoms with E-state index in [1.807, 2.05) is 0 Å². The third kappa shape index (κ3) is 5.14. The fourth-order valence-corrected chi connectivity index (χ4v) is 2.16. The maximum Gasteiger partial charge on any atom is 0.317 e. The summed E-state index contributed by atoms with van der Waals surface area (Å²) in [4.78, 5) is 23.9. The monoisotopic (exact) mass is 314 g/mol. The first-order chi connectivity index (χ1) is 10.4. The summed E-state index contributed by atoms with van der Waals surface area (Å²) in [5.74, 6) is -1.38. The van der Waals surface area contributed by atoms with Crippen LogP contribution in [0.4, 0.5) is 0 Å². The van der Waals surface area contributed by atoms with E-state index in [2.05, 4.69) is 0 Å². The fraction of sp³-hybridized carbons (Fsp3) is 0.571. The van der Waals surface area contributed by atoms with Crippen molar-refractivity contribution in [2.75, 3.05) is 33.4 Å². The van der Waals surface area contributed by atoms with Crippen LogP contribution in [0.5, 0.6) is 5.75 Å². The van der Waals surface area contributed by atoms with Gasteiger partial charge in [-0.05, 0) is 14.0 Å². The van der Waals surface area contributed by atoms with Crippen LogP contribution in [-0.2, 0) is 22.6 Å². The van der Waals surface area contributed by atoms with E-state index in [9.17, 15) is 14.7 Å². The number of rotatable bonds is 9. The number of ether oxygens (including phenoxy) is 1. The molecule has 1 rings (SSSR count). The van der Waals surface area contributed by atoms with E-state index in [4.69, 9.17) is 14.9 Å². The topological polar surface area (TPSA) is 112 Å². The number of likely N-dealkylation sites (N-methyl/N-ethyl adjacent to an activating group) is 1. The van der Waals surface area contributed by atoms with Gasteiger partial charge in [-0.3, -0.25) is 14.5 Å². The number of pyridine rings is 1. The van der Waals surface area contributed by atoms with Gasteiger partial charge >= 0.3 is 5.97 Å². The molecule has 0 saturated carbocycles. The van der Waals surface area contributed by atoms with Crippen molar-refractivity contribution in [3.63, 3.8) is 0 Å². The summed E-state index contributed by atoms with van der Waals surface area (Å²) in [6, 6.07) is 1.32. The number of hydrogen-bond acceptors (Lipinski definition) is 6. The van der Waals surface area contributed by atoms with Crippen LogP contribution in [0.2, 0.25) is 0 Å². The molecule has 0 aromatic carbocycles. The van der Waals surface area contributed by atoms with E-state index >= 15 is 0 Å².